The number of benzene rings is 1. The molecule has 0 saturated carbocycles. The van der Waals surface area contributed by atoms with Crippen molar-refractivity contribution in [2.24, 2.45) is 0 Å². The van der Waals surface area contributed by atoms with Gasteiger partial charge in [-0.05, 0) is 38.6 Å². The van der Waals surface area contributed by atoms with E-state index >= 15 is 4.39 Å². The van der Waals surface area contributed by atoms with E-state index in [2.05, 4.69) is 15.3 Å². The molecule has 2 saturated heterocycles. The number of methoxy groups -OCH3 is 2. The molecule has 6 atom stereocenters. The molecule has 4 heterocycles. The highest BCUT2D eigenvalue weighted by atomic mass is 32.1. The van der Waals surface area contributed by atoms with Crippen molar-refractivity contribution in [2.75, 3.05) is 21.3 Å². The molecule has 2 aromatic heterocycles. The average Bonchev–Trinajstić information content (AvgIpc) is 3.47. The summed E-state index contributed by atoms with van der Waals surface area (Å²) in [6, 6.07) is 6.76. The van der Waals surface area contributed by atoms with Gasteiger partial charge < -0.3 is 19.3 Å². The maximum absolute atomic E-state index is 15.4. The summed E-state index contributed by atoms with van der Waals surface area (Å²) in [6.45, 7) is 1.90. The monoisotopic (exact) mass is 489 g/mol. The molecule has 34 heavy (non-hydrogen) atoms. The van der Waals surface area contributed by atoms with Crippen molar-refractivity contribution in [3.63, 3.8) is 0 Å². The molecule has 11 heteroatoms. The van der Waals surface area contributed by atoms with Crippen LogP contribution < -0.4 is 4.74 Å². The molecule has 182 valence electrons. The lowest BCUT2D eigenvalue weighted by Gasteiger charge is -2.53. The third-order valence-corrected chi connectivity index (χ3v) is 7.74. The summed E-state index contributed by atoms with van der Waals surface area (Å²) in [4.78, 5) is 2.04. The minimum atomic E-state index is -1.20. The number of nitrogens with zero attached hydrogens (tertiary/aromatic N) is 5. The highest BCUT2D eigenvalue weighted by Crippen LogP contribution is 2.40. The van der Waals surface area contributed by atoms with Crippen LogP contribution in [0.15, 0.2) is 30.5 Å². The lowest BCUT2D eigenvalue weighted by Crippen LogP contribution is -2.67. The molecule has 1 N–H and O–H groups in total. The number of phenols is 1. The normalized spacial score (nSPS) is 29.3. The van der Waals surface area contributed by atoms with E-state index in [-0.39, 0.29) is 35.2 Å². The molecule has 2 aliphatic rings. The van der Waals surface area contributed by atoms with Crippen LogP contribution in [0.3, 0.4) is 0 Å². The van der Waals surface area contributed by atoms with Gasteiger partial charge in [-0.15, -0.1) is 5.10 Å². The molecule has 2 fully saturated rings. The second-order valence-corrected chi connectivity index (χ2v) is 9.76. The molecule has 2 aliphatic heterocycles. The van der Waals surface area contributed by atoms with E-state index in [4.69, 9.17) is 14.2 Å². The summed E-state index contributed by atoms with van der Waals surface area (Å²) < 4.78 is 34.4. The largest absolute Gasteiger partial charge is 0.507 e. The van der Waals surface area contributed by atoms with Gasteiger partial charge >= 0.3 is 0 Å². The summed E-state index contributed by atoms with van der Waals surface area (Å²) in [5, 5.41) is 24.0. The SMILES string of the molecule is COC1CC2C(F)C(Oc3nnc(-c4ccc(-n5ccc(C)n5)cc4O)s3)CC(C1OC)N2C. The maximum Gasteiger partial charge on any atom is 0.294 e. The van der Waals surface area contributed by atoms with E-state index in [0.29, 0.717) is 23.4 Å². The van der Waals surface area contributed by atoms with Crippen molar-refractivity contribution in [1.29, 1.82) is 0 Å². The van der Waals surface area contributed by atoms with Crippen molar-refractivity contribution >= 4 is 11.3 Å². The predicted octanol–water partition coefficient (Wildman–Crippen LogP) is 3.00. The second kappa shape index (κ2) is 9.21. The van der Waals surface area contributed by atoms with E-state index in [9.17, 15) is 5.11 Å². The van der Waals surface area contributed by atoms with Crippen molar-refractivity contribution < 1.29 is 23.7 Å². The quantitative estimate of drug-likeness (QED) is 0.565. The zero-order chi connectivity index (χ0) is 24.0. The van der Waals surface area contributed by atoms with Crippen molar-refractivity contribution in [1.82, 2.24) is 24.9 Å². The van der Waals surface area contributed by atoms with Crippen LogP contribution in [-0.4, -0.2) is 87.8 Å². The van der Waals surface area contributed by atoms with Gasteiger partial charge in [0, 0.05) is 45.0 Å². The first kappa shape index (κ1) is 23.2. The predicted molar refractivity (Wildman–Crippen MR) is 124 cm³/mol. The number of alkyl halides is 1. The molecule has 0 amide bonds. The van der Waals surface area contributed by atoms with E-state index < -0.39 is 12.3 Å². The number of hydrogen-bond acceptors (Lipinski definition) is 9. The van der Waals surface area contributed by atoms with Gasteiger partial charge in [0.1, 0.15) is 11.9 Å². The van der Waals surface area contributed by atoms with Gasteiger partial charge in [-0.25, -0.2) is 9.07 Å². The van der Waals surface area contributed by atoms with E-state index in [1.54, 1.807) is 31.0 Å². The minimum absolute atomic E-state index is 0.0272. The number of aromatic hydroxyl groups is 1. The fourth-order valence-corrected chi connectivity index (χ4v) is 5.87. The Morgan fingerprint density at radius 2 is 1.88 bits per heavy atom. The highest BCUT2D eigenvalue weighted by molar-refractivity contribution is 7.16. The van der Waals surface area contributed by atoms with Gasteiger partial charge in [0.25, 0.3) is 5.19 Å². The Morgan fingerprint density at radius 1 is 1.09 bits per heavy atom. The summed E-state index contributed by atoms with van der Waals surface area (Å²) >= 11 is 1.18. The van der Waals surface area contributed by atoms with Crippen LogP contribution in [0.1, 0.15) is 18.5 Å². The number of phenolic OH excluding ortho intramolecular Hbond substituents is 1. The van der Waals surface area contributed by atoms with Gasteiger partial charge in [-0.3, -0.25) is 4.90 Å². The molecule has 1 aromatic carbocycles. The van der Waals surface area contributed by atoms with Crippen LogP contribution >= 0.6 is 11.3 Å². The van der Waals surface area contributed by atoms with E-state index in [1.165, 1.54) is 11.3 Å². The van der Waals surface area contributed by atoms with Crippen LogP contribution in [0.5, 0.6) is 10.9 Å². The first-order valence-electron chi connectivity index (χ1n) is 11.2. The highest BCUT2D eigenvalue weighted by Gasteiger charge is 2.52. The maximum atomic E-state index is 15.4. The van der Waals surface area contributed by atoms with Crippen LogP contribution in [0, 0.1) is 6.92 Å². The number of halogens is 1. The van der Waals surface area contributed by atoms with Crippen LogP contribution in [-0.2, 0) is 9.47 Å². The Kier molecular flexibility index (Phi) is 6.28. The zero-order valence-electron chi connectivity index (χ0n) is 19.5. The van der Waals surface area contributed by atoms with Gasteiger partial charge in [-0.1, -0.05) is 16.4 Å². The number of ether oxygens (including phenoxy) is 3. The smallest absolute Gasteiger partial charge is 0.294 e. The molecule has 2 bridgehead atoms. The minimum Gasteiger partial charge on any atom is -0.507 e. The second-order valence-electron chi connectivity index (χ2n) is 8.82. The topological polar surface area (TPSA) is 94.8 Å². The Bertz CT molecular complexity index is 1160. The zero-order valence-corrected chi connectivity index (χ0v) is 20.3. The number of rotatable bonds is 6. The average molecular weight is 490 g/mol. The lowest BCUT2D eigenvalue weighted by atomic mass is 9.79. The molecule has 0 aliphatic carbocycles. The van der Waals surface area contributed by atoms with Gasteiger partial charge in [0.15, 0.2) is 11.2 Å². The van der Waals surface area contributed by atoms with Crippen molar-refractivity contribution in [3.05, 3.63) is 36.2 Å². The number of piperidine rings is 2. The van der Waals surface area contributed by atoms with Crippen molar-refractivity contribution in [2.45, 2.75) is 56.3 Å². The number of likely N-dealkylation sites (N-methyl/N-ethyl adjacent to an activating group) is 1. The third kappa shape index (κ3) is 4.06. The molecule has 0 spiro atoms. The van der Waals surface area contributed by atoms with E-state index in [1.807, 2.05) is 37.2 Å². The Hall–Kier alpha value is -2.60. The summed E-state index contributed by atoms with van der Waals surface area (Å²) in [7, 11) is 5.22. The first-order valence-corrected chi connectivity index (χ1v) is 12.0. The lowest BCUT2D eigenvalue weighted by molar-refractivity contribution is -0.169. The fourth-order valence-electron chi connectivity index (χ4n) is 5.09. The van der Waals surface area contributed by atoms with Crippen LogP contribution in [0.25, 0.3) is 16.3 Å². The van der Waals surface area contributed by atoms with Gasteiger partial charge in [0.05, 0.1) is 29.2 Å². The summed E-state index contributed by atoms with van der Waals surface area (Å²) in [5.74, 6) is 0.0547. The van der Waals surface area contributed by atoms with Crippen LogP contribution in [0.2, 0.25) is 0 Å². The molecule has 9 nitrogen and oxygen atoms in total. The van der Waals surface area contributed by atoms with Gasteiger partial charge in [0.2, 0.25) is 0 Å². The van der Waals surface area contributed by atoms with Crippen molar-refractivity contribution in [3.8, 4) is 27.2 Å². The third-order valence-electron chi connectivity index (χ3n) is 6.89. The Morgan fingerprint density at radius 3 is 2.56 bits per heavy atom. The fraction of sp³-hybridized carbons (Fsp3) is 0.522. The summed E-state index contributed by atoms with van der Waals surface area (Å²) in [5.41, 5.74) is 2.14. The molecule has 6 unspecified atom stereocenters. The van der Waals surface area contributed by atoms with Crippen LogP contribution in [0.4, 0.5) is 4.39 Å². The number of aromatic nitrogens is 4. The molecular weight excluding hydrogens is 461 g/mol. The number of hydrogen-bond donors (Lipinski definition) is 1. The van der Waals surface area contributed by atoms with Gasteiger partial charge in [-0.2, -0.15) is 5.10 Å². The molecule has 5 rings (SSSR count). The standard InChI is InChI=1S/C23H28FN5O4S/c1-12-7-8-29(27-12)13-5-6-14(17(30)9-13)22-25-26-23(34-22)33-18-11-16-21(32-4)19(31-3)10-15(20(18)24)28(16)2/h5-9,15-16,18-21,30H,10-11H2,1-4H3. The van der Waals surface area contributed by atoms with E-state index in [0.717, 1.165) is 11.4 Å². The molecule has 3 aromatic rings. The Labute approximate surface area is 201 Å². The molecular formula is C23H28FN5O4S. The summed E-state index contributed by atoms with van der Waals surface area (Å²) in [6.07, 6.45) is 0.624. The number of fused-ring (bicyclic) bond motifs is 2. The first-order chi connectivity index (χ1) is 16.4. The Balaban J connectivity index is 1.33. The number of aryl methyl sites for hydroxylation is 1. The molecule has 0 radical (unpaired) electrons.